The van der Waals surface area contributed by atoms with Gasteiger partial charge in [0, 0.05) is 16.5 Å². The van der Waals surface area contributed by atoms with Crippen LogP contribution in [0.25, 0.3) is 48.3 Å². The van der Waals surface area contributed by atoms with Crippen LogP contribution in [0.15, 0.2) is 170 Å². The van der Waals surface area contributed by atoms with Crippen LogP contribution in [0.1, 0.15) is 5.56 Å². The number of hydrogen-bond acceptors (Lipinski definition) is 1. The fourth-order valence-electron chi connectivity index (χ4n) is 7.44. The SMILES string of the molecule is [C-]#[N+]c1cc([N+]#[C-])c([Si](c2ccccc2)(c2ccccc2)c2ccccc2)cc1-c1ccc(-n2c3ccccc3c3cc(C#N)ccc32)cc1. The van der Waals surface area contributed by atoms with E-state index >= 15 is 0 Å². The van der Waals surface area contributed by atoms with Gasteiger partial charge >= 0.3 is 0 Å². The van der Waals surface area contributed by atoms with Gasteiger partial charge in [0.05, 0.1) is 35.8 Å². The van der Waals surface area contributed by atoms with Crippen LogP contribution in [0.5, 0.6) is 0 Å². The van der Waals surface area contributed by atoms with Crippen molar-refractivity contribution < 1.29 is 0 Å². The second kappa shape index (κ2) is 12.6. The zero-order chi connectivity index (χ0) is 34.1. The number of rotatable bonds is 6. The largest absolute Gasteiger partial charge is 0.309 e. The summed E-state index contributed by atoms with van der Waals surface area (Å²) in [5, 5.41) is 16.2. The molecule has 0 aliphatic rings. The Labute approximate surface area is 292 Å². The summed E-state index contributed by atoms with van der Waals surface area (Å²) in [5.41, 5.74) is 6.34. The van der Waals surface area contributed by atoms with Crippen molar-refractivity contribution in [3.05, 3.63) is 198 Å². The third kappa shape index (κ3) is 4.80. The molecule has 8 aromatic rings. The minimum atomic E-state index is -3.03. The molecule has 1 heterocycles. The molecule has 0 saturated heterocycles. The lowest BCUT2D eigenvalue weighted by Gasteiger charge is -2.36. The van der Waals surface area contributed by atoms with Crippen molar-refractivity contribution in [2.45, 2.75) is 0 Å². The minimum Gasteiger partial charge on any atom is -0.309 e. The first-order valence-electron chi connectivity index (χ1n) is 16.3. The van der Waals surface area contributed by atoms with Crippen LogP contribution in [-0.2, 0) is 0 Å². The van der Waals surface area contributed by atoms with Crippen LogP contribution >= 0.6 is 0 Å². The van der Waals surface area contributed by atoms with Crippen LogP contribution in [0.3, 0.4) is 0 Å². The summed E-state index contributed by atoms with van der Waals surface area (Å²) in [4.78, 5) is 8.05. The van der Waals surface area contributed by atoms with E-state index in [4.69, 9.17) is 13.1 Å². The normalized spacial score (nSPS) is 11.1. The van der Waals surface area contributed by atoms with Crippen molar-refractivity contribution in [1.82, 2.24) is 4.57 Å². The molecule has 8 rings (SSSR count). The van der Waals surface area contributed by atoms with Gasteiger partial charge in [-0.05, 0) is 68.3 Å². The lowest BCUT2D eigenvalue weighted by Crippen LogP contribution is -2.74. The van der Waals surface area contributed by atoms with Gasteiger partial charge in [-0.2, -0.15) is 5.26 Å². The number of nitrogens with zero attached hydrogens (tertiary/aromatic N) is 4. The molecule has 4 nitrogen and oxygen atoms in total. The molecule has 0 unspecified atom stereocenters. The van der Waals surface area contributed by atoms with E-state index in [-0.39, 0.29) is 0 Å². The Balaban J connectivity index is 1.37. The third-order valence-corrected chi connectivity index (χ3v) is 14.4. The summed E-state index contributed by atoms with van der Waals surface area (Å²) >= 11 is 0. The van der Waals surface area contributed by atoms with E-state index < -0.39 is 8.07 Å². The summed E-state index contributed by atoms with van der Waals surface area (Å²) in [5.74, 6) is 0. The number of fused-ring (bicyclic) bond motifs is 3. The van der Waals surface area contributed by atoms with Gasteiger partial charge in [-0.25, -0.2) is 9.69 Å². The lowest BCUT2D eigenvalue weighted by atomic mass is 10.0. The minimum absolute atomic E-state index is 0.450. The topological polar surface area (TPSA) is 37.4 Å². The standard InChI is InChI=1S/C45H28N4Si/c1-47-41-30-42(48-2)45(50(35-14-6-3-7-15-35,36-16-8-4-9-17-36)37-18-10-5-11-19-37)29-39(41)33-23-25-34(26-24-33)49-43-21-13-12-20-38(43)40-28-32(31-46)22-27-44(40)49/h3-30H. The first-order valence-corrected chi connectivity index (χ1v) is 18.3. The summed E-state index contributed by atoms with van der Waals surface area (Å²) in [6.45, 7) is 16.6. The average molecular weight is 653 g/mol. The van der Waals surface area contributed by atoms with Crippen molar-refractivity contribution in [3.63, 3.8) is 0 Å². The van der Waals surface area contributed by atoms with Crippen LogP contribution in [0.4, 0.5) is 11.4 Å². The van der Waals surface area contributed by atoms with Gasteiger partial charge in [-0.3, -0.25) is 0 Å². The highest BCUT2D eigenvalue weighted by atomic mass is 28.3. The van der Waals surface area contributed by atoms with Gasteiger partial charge < -0.3 is 4.57 Å². The number of aromatic nitrogens is 1. The Morgan fingerprint density at radius 3 is 1.62 bits per heavy atom. The molecule has 0 radical (unpaired) electrons. The number of para-hydroxylation sites is 1. The zero-order valence-corrected chi connectivity index (χ0v) is 28.0. The molecule has 232 valence electrons. The molecule has 5 heteroatoms. The zero-order valence-electron chi connectivity index (χ0n) is 27.0. The van der Waals surface area contributed by atoms with Gasteiger partial charge in [-0.1, -0.05) is 133 Å². The Morgan fingerprint density at radius 1 is 0.520 bits per heavy atom. The Bertz CT molecular complexity index is 2560. The molecule has 0 fully saturated rings. The van der Waals surface area contributed by atoms with E-state index in [0.717, 1.165) is 43.8 Å². The molecule has 0 spiro atoms. The van der Waals surface area contributed by atoms with Gasteiger partial charge in [0.15, 0.2) is 19.4 Å². The number of hydrogen-bond donors (Lipinski definition) is 0. The molecule has 0 amide bonds. The van der Waals surface area contributed by atoms with E-state index in [0.29, 0.717) is 16.9 Å². The van der Waals surface area contributed by atoms with E-state index in [1.54, 1.807) is 6.07 Å². The maximum absolute atomic E-state index is 9.58. The highest BCUT2D eigenvalue weighted by Crippen LogP contribution is 2.37. The summed E-state index contributed by atoms with van der Waals surface area (Å²) in [7, 11) is -3.03. The van der Waals surface area contributed by atoms with E-state index in [2.05, 4.69) is 136 Å². The van der Waals surface area contributed by atoms with Crippen LogP contribution in [0.2, 0.25) is 0 Å². The predicted molar refractivity (Wildman–Crippen MR) is 207 cm³/mol. The molecular weight excluding hydrogens is 625 g/mol. The summed E-state index contributed by atoms with van der Waals surface area (Å²) < 4.78 is 2.22. The maximum Gasteiger partial charge on any atom is 0.184 e. The second-order valence-electron chi connectivity index (χ2n) is 12.2. The molecule has 0 N–H and O–H groups in total. The predicted octanol–water partition coefficient (Wildman–Crippen LogP) is 8.80. The molecule has 0 saturated carbocycles. The third-order valence-electron chi connectivity index (χ3n) is 9.62. The molecule has 0 atom stereocenters. The fraction of sp³-hybridized carbons (Fsp3) is 0. The molecule has 1 aromatic heterocycles. The van der Waals surface area contributed by atoms with Crippen LogP contribution in [0, 0.1) is 24.5 Å². The summed E-state index contributed by atoms with van der Waals surface area (Å²) in [6.07, 6.45) is 0. The lowest BCUT2D eigenvalue weighted by molar-refractivity contribution is 1.18. The van der Waals surface area contributed by atoms with Crippen LogP contribution < -0.4 is 20.7 Å². The average Bonchev–Trinajstić information content (AvgIpc) is 3.53. The van der Waals surface area contributed by atoms with E-state index in [1.165, 1.54) is 15.6 Å². The van der Waals surface area contributed by atoms with Crippen LogP contribution in [-0.4, -0.2) is 12.6 Å². The molecule has 0 aliphatic heterocycles. The molecular formula is C45H28N4Si. The van der Waals surface area contributed by atoms with E-state index in [9.17, 15) is 5.26 Å². The second-order valence-corrected chi connectivity index (χ2v) is 16.0. The van der Waals surface area contributed by atoms with Crippen molar-refractivity contribution in [3.8, 4) is 22.9 Å². The summed E-state index contributed by atoms with van der Waals surface area (Å²) in [6, 6.07) is 60.2. The highest BCUT2D eigenvalue weighted by molar-refractivity contribution is 7.20. The fourth-order valence-corrected chi connectivity index (χ4v) is 12.3. The number of benzene rings is 7. The monoisotopic (exact) mass is 652 g/mol. The van der Waals surface area contributed by atoms with Gasteiger partial charge in [-0.15, -0.1) is 0 Å². The Morgan fingerprint density at radius 2 is 1.06 bits per heavy atom. The van der Waals surface area contributed by atoms with Gasteiger partial charge in [0.2, 0.25) is 0 Å². The van der Waals surface area contributed by atoms with Crippen molar-refractivity contribution in [1.29, 1.82) is 5.26 Å². The number of nitriles is 1. The van der Waals surface area contributed by atoms with E-state index in [1.807, 2.05) is 48.5 Å². The first kappa shape index (κ1) is 30.4. The highest BCUT2D eigenvalue weighted by Gasteiger charge is 2.43. The molecule has 0 aliphatic carbocycles. The Kier molecular flexibility index (Phi) is 7.63. The molecule has 0 bridgehead atoms. The van der Waals surface area contributed by atoms with Gasteiger partial charge in [0.1, 0.15) is 0 Å². The van der Waals surface area contributed by atoms with Crippen molar-refractivity contribution in [2.75, 3.05) is 0 Å². The maximum atomic E-state index is 9.58. The smallest absolute Gasteiger partial charge is 0.184 e. The Hall–Kier alpha value is -6.97. The first-order chi connectivity index (χ1) is 24.7. The van der Waals surface area contributed by atoms with Crippen molar-refractivity contribution >= 4 is 62.0 Å². The van der Waals surface area contributed by atoms with Crippen molar-refractivity contribution in [2.24, 2.45) is 0 Å². The quantitative estimate of drug-likeness (QED) is 0.101. The molecule has 50 heavy (non-hydrogen) atoms. The van der Waals surface area contributed by atoms with Gasteiger partial charge in [0.25, 0.3) is 0 Å². The molecule has 7 aromatic carbocycles.